The molecule has 0 spiro atoms. The molecule has 1 aromatic heterocycles. The predicted molar refractivity (Wildman–Crippen MR) is 82.5 cm³/mol. The molecule has 1 aliphatic rings. The number of nitrogens with zero attached hydrogens (tertiary/aromatic N) is 1. The van der Waals surface area contributed by atoms with E-state index in [1.54, 1.807) is 14.1 Å². The van der Waals surface area contributed by atoms with Crippen LogP contribution < -0.4 is 5.31 Å². The van der Waals surface area contributed by atoms with Crippen molar-refractivity contribution in [2.75, 3.05) is 27.2 Å². The molecule has 3 rings (SSSR count). The fraction of sp³-hybridized carbons (Fsp3) is 0.438. The Hall–Kier alpha value is -2.01. The minimum absolute atomic E-state index is 0.00870. The van der Waals surface area contributed by atoms with E-state index in [4.69, 9.17) is 13.8 Å². The first-order chi connectivity index (χ1) is 14.1. The summed E-state index contributed by atoms with van der Waals surface area (Å²) in [4.78, 5) is 14.1. The van der Waals surface area contributed by atoms with Crippen LogP contribution in [0.15, 0.2) is 24.3 Å². The van der Waals surface area contributed by atoms with E-state index in [0.717, 1.165) is 0 Å². The van der Waals surface area contributed by atoms with Crippen molar-refractivity contribution in [2.24, 2.45) is 0 Å². The first-order valence-corrected chi connectivity index (χ1v) is 6.43. The quantitative estimate of drug-likeness (QED) is 0.886. The molecule has 2 N–H and O–H groups in total. The molecule has 1 atom stereocenters. The fourth-order valence-electron chi connectivity index (χ4n) is 1.93. The Bertz CT molecular complexity index is 1070. The van der Waals surface area contributed by atoms with Crippen LogP contribution in [0.1, 0.15) is 22.1 Å². The number of cyclic esters (lactones) is 1. The average Bonchev–Trinajstić information content (AvgIpc) is 3.00. The summed E-state index contributed by atoms with van der Waals surface area (Å²) in [5.41, 5.74) is -0.678. The second-order valence-corrected chi connectivity index (χ2v) is 4.89. The SMILES string of the molecule is [2H]c1c(C([2H])([2H])[C@@H]2N([2H])C(=O)OC2([2H])[2H])c([2H])c2c(CCN(C)C)c([2H])n([2H])c2c1[2H]. The molecular weight excluding hydrogens is 266 g/mol. The number of aromatic nitrogens is 1. The van der Waals surface area contributed by atoms with E-state index in [9.17, 15) is 4.79 Å². The van der Waals surface area contributed by atoms with E-state index in [-0.39, 0.29) is 34.4 Å². The number of carbonyl (C=O) groups excluding carboxylic acids is 1. The van der Waals surface area contributed by atoms with Crippen LogP contribution in [0.2, 0.25) is 2.82 Å². The van der Waals surface area contributed by atoms with Crippen molar-refractivity contribution in [3.8, 4) is 0 Å². The standard InChI is InChI=1S/C16H21N3O2/c1-19(2)6-5-12-9-17-15-4-3-11(8-14(12)15)7-13-10-21-16(20)18-13/h3-4,8-9,13,17H,5-7,10H2,1-2H3,(H,18,20)/t13-/m0/s1/i3D,4D,7D2,8D,9D,10D2/hD2. The van der Waals surface area contributed by atoms with E-state index in [2.05, 4.69) is 4.74 Å². The van der Waals surface area contributed by atoms with Crippen molar-refractivity contribution in [3.05, 3.63) is 35.4 Å². The molecule has 1 amide bonds. The number of H-pyrrole nitrogens is 1. The largest absolute Gasteiger partial charge is 0.447 e. The van der Waals surface area contributed by atoms with Gasteiger partial charge >= 0.3 is 6.09 Å². The van der Waals surface area contributed by atoms with Gasteiger partial charge in [0.05, 0.1) is 14.3 Å². The van der Waals surface area contributed by atoms with Gasteiger partial charge in [-0.15, -0.1) is 0 Å². The summed E-state index contributed by atoms with van der Waals surface area (Å²) in [5.74, 6) is 0. The van der Waals surface area contributed by atoms with E-state index in [1.165, 1.54) is 0 Å². The maximum atomic E-state index is 11.7. The molecular formula is C16H21N3O2. The van der Waals surface area contributed by atoms with Crippen LogP contribution in [0.3, 0.4) is 0 Å². The maximum Gasteiger partial charge on any atom is 0.407 e. The molecule has 0 saturated carbocycles. The molecule has 2 heterocycles. The van der Waals surface area contributed by atoms with Crippen LogP contribution >= 0.6 is 0 Å². The number of likely N-dealkylation sites (N-methyl/N-ethyl adjacent to an activating group) is 1. The molecule has 21 heavy (non-hydrogen) atoms. The highest BCUT2D eigenvalue weighted by molar-refractivity contribution is 5.84. The molecule has 1 aromatic carbocycles. The number of aromatic amines is 1. The van der Waals surface area contributed by atoms with Crippen LogP contribution in [-0.2, 0) is 17.5 Å². The number of fused-ring (bicyclic) bond motifs is 1. The number of alkyl carbamates (subject to hydrolysis) is 1. The van der Waals surface area contributed by atoms with Gasteiger partial charge in [-0.3, -0.25) is 0 Å². The Morgan fingerprint density at radius 1 is 1.62 bits per heavy atom. The molecule has 0 bridgehead atoms. The highest BCUT2D eigenvalue weighted by Gasteiger charge is 2.22. The van der Waals surface area contributed by atoms with Gasteiger partial charge in [0, 0.05) is 26.4 Å². The monoisotopic (exact) mass is 297 g/mol. The van der Waals surface area contributed by atoms with E-state index in [1.807, 2.05) is 4.90 Å². The Kier molecular flexibility index (Phi) is 1.76. The molecule has 2 aromatic rings. The summed E-state index contributed by atoms with van der Waals surface area (Å²) < 4.78 is 86.4. The van der Waals surface area contributed by atoms with Crippen molar-refractivity contribution >= 4 is 17.0 Å². The second kappa shape index (κ2) is 5.77. The summed E-state index contributed by atoms with van der Waals surface area (Å²) >= 11 is 0. The van der Waals surface area contributed by atoms with Gasteiger partial charge in [0.1, 0.15) is 6.56 Å². The lowest BCUT2D eigenvalue weighted by molar-refractivity contribution is 0.177. The van der Waals surface area contributed by atoms with Crippen LogP contribution in [0.25, 0.3) is 10.9 Å². The summed E-state index contributed by atoms with van der Waals surface area (Å²) in [6.07, 6.45) is -4.45. The number of carbonyl (C=O) groups is 1. The summed E-state index contributed by atoms with van der Waals surface area (Å²) in [6, 6.07) is -4.11. The minimum atomic E-state index is -2.96. The zero-order chi connectivity index (χ0) is 23.6. The first kappa shape index (κ1) is 6.40. The Labute approximate surface area is 138 Å². The third-order valence-electron chi connectivity index (χ3n) is 2.98. The maximum absolute atomic E-state index is 11.7. The molecule has 5 nitrogen and oxygen atoms in total. The number of hydrogen-bond acceptors (Lipinski definition) is 3. The lowest BCUT2D eigenvalue weighted by Crippen LogP contribution is -2.28. The van der Waals surface area contributed by atoms with Crippen LogP contribution in [0, 0.1) is 0 Å². The topological polar surface area (TPSA) is 57.4 Å². The summed E-state index contributed by atoms with van der Waals surface area (Å²) in [7, 11) is 3.57. The predicted octanol–water partition coefficient (Wildman–Crippen LogP) is 1.92. The Balaban J connectivity index is 2.33. The molecule has 1 saturated heterocycles. The smallest absolute Gasteiger partial charge is 0.407 e. The molecule has 1 aliphatic heterocycles. The Morgan fingerprint density at radius 3 is 3.19 bits per heavy atom. The number of hydrogen-bond donors (Lipinski definition) is 2. The molecule has 0 radical (unpaired) electrons. The Morgan fingerprint density at radius 2 is 2.48 bits per heavy atom. The molecule has 0 aliphatic carbocycles. The van der Waals surface area contributed by atoms with Crippen LogP contribution in [0.4, 0.5) is 4.79 Å². The van der Waals surface area contributed by atoms with Gasteiger partial charge in [0.15, 0.2) is 2.82 Å². The molecule has 5 heteroatoms. The normalized spacial score (nSPS) is 28.6. The van der Waals surface area contributed by atoms with Gasteiger partial charge in [0.2, 0.25) is 0 Å². The van der Waals surface area contributed by atoms with Gasteiger partial charge in [-0.05, 0) is 50.1 Å². The highest BCUT2D eigenvalue weighted by Crippen LogP contribution is 2.21. The molecule has 0 unspecified atom stereocenters. The van der Waals surface area contributed by atoms with E-state index < -0.39 is 48.8 Å². The third-order valence-corrected chi connectivity index (χ3v) is 2.98. The number of ether oxygens (including phenoxy) is 1. The summed E-state index contributed by atoms with van der Waals surface area (Å²) in [6.45, 7) is -2.48. The molecule has 112 valence electrons. The van der Waals surface area contributed by atoms with Crippen molar-refractivity contribution in [1.82, 2.24) is 15.2 Å². The van der Waals surface area contributed by atoms with Crippen molar-refractivity contribution in [1.29, 1.82) is 0 Å². The average molecular weight is 297 g/mol. The zero-order valence-electron chi connectivity index (χ0n) is 21.6. The minimum Gasteiger partial charge on any atom is -0.447 e. The van der Waals surface area contributed by atoms with E-state index >= 15 is 0 Å². The van der Waals surface area contributed by atoms with Gasteiger partial charge in [0.25, 0.3) is 0 Å². The first-order valence-electron chi connectivity index (χ1n) is 11.3. The van der Waals surface area contributed by atoms with Crippen LogP contribution in [-0.4, -0.2) is 49.2 Å². The van der Waals surface area contributed by atoms with Gasteiger partial charge in [-0.2, -0.15) is 0 Å². The van der Waals surface area contributed by atoms with Crippen molar-refractivity contribution < 1.29 is 23.3 Å². The summed E-state index contributed by atoms with van der Waals surface area (Å²) in [5, 5.41) is -0.0605. The van der Waals surface area contributed by atoms with Gasteiger partial charge in [-0.1, -0.05) is 6.04 Å². The lowest BCUT2D eigenvalue weighted by Gasteiger charge is -2.09. The van der Waals surface area contributed by atoms with Crippen molar-refractivity contribution in [3.63, 3.8) is 0 Å². The second-order valence-electron chi connectivity index (χ2n) is 4.89. The highest BCUT2D eigenvalue weighted by atomic mass is 16.6. The third kappa shape index (κ3) is 3.19. The van der Waals surface area contributed by atoms with E-state index in [0.29, 0.717) is 11.5 Å². The number of nitrogens with one attached hydrogen (secondary N) is 2. The van der Waals surface area contributed by atoms with Crippen LogP contribution in [0.5, 0.6) is 0 Å². The fourth-order valence-corrected chi connectivity index (χ4v) is 1.93. The molecule has 1 fully saturated rings. The van der Waals surface area contributed by atoms with Crippen molar-refractivity contribution in [2.45, 2.75) is 18.8 Å². The number of rotatable bonds is 5. The zero-order valence-corrected chi connectivity index (χ0v) is 11.6. The van der Waals surface area contributed by atoms with Gasteiger partial charge < -0.3 is 19.9 Å². The van der Waals surface area contributed by atoms with Gasteiger partial charge in [-0.25, -0.2) is 4.79 Å². The lowest BCUT2D eigenvalue weighted by atomic mass is 10.0. The number of amides is 1. The number of benzene rings is 1.